The van der Waals surface area contributed by atoms with E-state index in [1.807, 2.05) is 12.1 Å². The van der Waals surface area contributed by atoms with Crippen LogP contribution in [0.15, 0.2) is 23.9 Å². The number of anilines is 1. The second kappa shape index (κ2) is 7.99. The minimum Gasteiger partial charge on any atom is -0.434 e. The van der Waals surface area contributed by atoms with Crippen molar-refractivity contribution >= 4 is 29.0 Å². The minimum atomic E-state index is -1.13. The summed E-state index contributed by atoms with van der Waals surface area (Å²) >= 11 is 0. The number of hydrogen-bond donors (Lipinski definition) is 3. The van der Waals surface area contributed by atoms with Crippen molar-refractivity contribution in [1.29, 1.82) is 0 Å². The van der Waals surface area contributed by atoms with Gasteiger partial charge in [0.25, 0.3) is 0 Å². The Labute approximate surface area is 186 Å². The highest BCUT2D eigenvalue weighted by atomic mass is 16.7. The number of nitrogens with zero attached hydrogens (tertiary/aromatic N) is 1. The van der Waals surface area contributed by atoms with E-state index in [1.54, 1.807) is 33.8 Å². The van der Waals surface area contributed by atoms with E-state index in [9.17, 15) is 24.6 Å². The summed E-state index contributed by atoms with van der Waals surface area (Å²) in [5.74, 6) is -1.77. The number of amides is 2. The lowest BCUT2D eigenvalue weighted by molar-refractivity contribution is -0.210. The summed E-state index contributed by atoms with van der Waals surface area (Å²) in [6, 6.07) is 5.08. The van der Waals surface area contributed by atoms with Crippen LogP contribution in [0, 0.1) is 11.3 Å². The molecule has 9 heteroatoms. The SMILES string of the molecule is C[C@@H](O)[C@H]1C(=O)N2C(C(=O)OCOC(O)C(C)(C)C)=C(c3ccc4c(c3)NC(=O)C4)C[C@H]12. The average molecular weight is 444 g/mol. The number of hydrogen-bond acceptors (Lipinski definition) is 7. The average Bonchev–Trinajstić information content (AvgIpc) is 3.23. The molecule has 1 fully saturated rings. The van der Waals surface area contributed by atoms with Gasteiger partial charge in [0, 0.05) is 11.1 Å². The summed E-state index contributed by atoms with van der Waals surface area (Å²) in [6.07, 6.45) is -1.30. The number of ether oxygens (including phenoxy) is 2. The van der Waals surface area contributed by atoms with Crippen LogP contribution in [0.3, 0.4) is 0 Å². The molecule has 3 aliphatic heterocycles. The molecular formula is C23H28N2O7. The van der Waals surface area contributed by atoms with Crippen LogP contribution in [0.2, 0.25) is 0 Å². The van der Waals surface area contributed by atoms with Gasteiger partial charge in [-0.25, -0.2) is 4.79 Å². The topological polar surface area (TPSA) is 125 Å². The molecule has 3 aliphatic rings. The molecule has 1 aromatic rings. The third-order valence-electron chi connectivity index (χ3n) is 6.16. The molecule has 1 aromatic carbocycles. The second-order valence-electron chi connectivity index (χ2n) is 9.60. The third kappa shape index (κ3) is 3.80. The fraction of sp³-hybridized carbons (Fsp3) is 0.522. The molecule has 32 heavy (non-hydrogen) atoms. The molecule has 4 atom stereocenters. The van der Waals surface area contributed by atoms with E-state index in [4.69, 9.17) is 9.47 Å². The number of fused-ring (bicyclic) bond motifs is 2. The molecule has 0 saturated carbocycles. The van der Waals surface area contributed by atoms with E-state index in [0.29, 0.717) is 29.7 Å². The monoisotopic (exact) mass is 444 g/mol. The number of nitrogens with one attached hydrogen (secondary N) is 1. The Kier molecular flexibility index (Phi) is 5.60. The number of benzene rings is 1. The summed E-state index contributed by atoms with van der Waals surface area (Å²) in [5, 5.41) is 22.8. The second-order valence-corrected chi connectivity index (χ2v) is 9.60. The zero-order chi connectivity index (χ0) is 23.4. The lowest BCUT2D eigenvalue weighted by Crippen LogP contribution is -2.61. The first kappa shape index (κ1) is 22.4. The van der Waals surface area contributed by atoms with Crippen LogP contribution < -0.4 is 5.32 Å². The lowest BCUT2D eigenvalue weighted by Gasteiger charge is -2.44. The first-order valence-electron chi connectivity index (χ1n) is 10.6. The molecule has 1 saturated heterocycles. The number of carbonyl (C=O) groups excluding carboxylic acids is 3. The Morgan fingerprint density at radius 2 is 2.00 bits per heavy atom. The van der Waals surface area contributed by atoms with Crippen LogP contribution in [-0.2, 0) is 30.3 Å². The normalized spacial score (nSPS) is 24.0. The van der Waals surface area contributed by atoms with E-state index in [1.165, 1.54) is 4.90 Å². The Morgan fingerprint density at radius 3 is 2.66 bits per heavy atom. The standard InChI is InChI=1S/C23H28N2O7/c1-11(26)18-16-9-14(12-5-6-13-8-17(27)24-15(13)7-12)19(25(16)20(18)28)21(29)31-10-32-22(30)23(2,3)4/h5-7,11,16,18,22,26,30H,8-10H2,1-4H3,(H,24,27)/t11-,16-,18-,22?/m1/s1. The van der Waals surface area contributed by atoms with Gasteiger partial charge in [-0.15, -0.1) is 0 Å². The highest BCUT2D eigenvalue weighted by Crippen LogP contribution is 2.47. The highest BCUT2D eigenvalue weighted by Gasteiger charge is 2.57. The molecule has 0 radical (unpaired) electrons. The van der Waals surface area contributed by atoms with E-state index < -0.39 is 36.5 Å². The quantitative estimate of drug-likeness (QED) is 0.344. The molecule has 2 amide bonds. The fourth-order valence-corrected chi connectivity index (χ4v) is 4.39. The fourth-order valence-electron chi connectivity index (χ4n) is 4.39. The number of β-lactam (4-membered cyclic amide) rings is 1. The molecular weight excluding hydrogens is 416 g/mol. The predicted molar refractivity (Wildman–Crippen MR) is 114 cm³/mol. The van der Waals surface area contributed by atoms with Crippen LogP contribution in [-0.4, -0.2) is 58.1 Å². The van der Waals surface area contributed by atoms with E-state index in [0.717, 1.165) is 5.56 Å². The molecule has 4 rings (SSSR count). The summed E-state index contributed by atoms with van der Waals surface area (Å²) < 4.78 is 10.5. The smallest absolute Gasteiger partial charge is 0.357 e. The maximum Gasteiger partial charge on any atom is 0.357 e. The summed E-state index contributed by atoms with van der Waals surface area (Å²) in [6.45, 7) is 6.43. The van der Waals surface area contributed by atoms with Crippen molar-refractivity contribution in [1.82, 2.24) is 4.90 Å². The molecule has 0 aliphatic carbocycles. The molecule has 0 spiro atoms. The lowest BCUT2D eigenvalue weighted by atomic mass is 9.82. The Morgan fingerprint density at radius 1 is 1.28 bits per heavy atom. The number of carbonyl (C=O) groups is 3. The highest BCUT2D eigenvalue weighted by molar-refractivity contribution is 6.07. The van der Waals surface area contributed by atoms with Gasteiger partial charge in [-0.1, -0.05) is 32.9 Å². The van der Waals surface area contributed by atoms with Crippen molar-refractivity contribution in [3.05, 3.63) is 35.0 Å². The van der Waals surface area contributed by atoms with Crippen molar-refractivity contribution in [3.63, 3.8) is 0 Å². The summed E-state index contributed by atoms with van der Waals surface area (Å²) in [4.78, 5) is 38.8. The van der Waals surface area contributed by atoms with Gasteiger partial charge >= 0.3 is 5.97 Å². The van der Waals surface area contributed by atoms with Crippen LogP contribution in [0.1, 0.15) is 45.2 Å². The van der Waals surface area contributed by atoms with Gasteiger partial charge in [0.05, 0.1) is 24.5 Å². The molecule has 172 valence electrons. The van der Waals surface area contributed by atoms with E-state index >= 15 is 0 Å². The Hall–Kier alpha value is -2.75. The molecule has 3 N–H and O–H groups in total. The largest absolute Gasteiger partial charge is 0.434 e. The molecule has 9 nitrogen and oxygen atoms in total. The zero-order valence-corrected chi connectivity index (χ0v) is 18.5. The van der Waals surface area contributed by atoms with E-state index in [2.05, 4.69) is 5.32 Å². The van der Waals surface area contributed by atoms with Crippen molar-refractivity contribution in [3.8, 4) is 0 Å². The molecule has 1 unspecified atom stereocenters. The third-order valence-corrected chi connectivity index (χ3v) is 6.16. The number of rotatable bonds is 6. The van der Waals surface area contributed by atoms with Crippen LogP contribution >= 0.6 is 0 Å². The van der Waals surface area contributed by atoms with Crippen molar-refractivity contribution in [2.24, 2.45) is 11.3 Å². The van der Waals surface area contributed by atoms with Crippen LogP contribution in [0.5, 0.6) is 0 Å². The van der Waals surface area contributed by atoms with Crippen molar-refractivity contribution in [2.45, 2.75) is 59.0 Å². The van der Waals surface area contributed by atoms with E-state index in [-0.39, 0.29) is 23.6 Å². The summed E-state index contributed by atoms with van der Waals surface area (Å²) in [7, 11) is 0. The Bertz CT molecular complexity index is 1010. The van der Waals surface area contributed by atoms with Gasteiger partial charge in [0.2, 0.25) is 11.8 Å². The van der Waals surface area contributed by atoms with Crippen molar-refractivity contribution < 1.29 is 34.1 Å². The molecule has 3 heterocycles. The maximum atomic E-state index is 13.0. The first-order chi connectivity index (χ1) is 15.0. The van der Waals surface area contributed by atoms with Gasteiger partial charge in [-0.3, -0.25) is 9.59 Å². The van der Waals surface area contributed by atoms with Gasteiger partial charge < -0.3 is 29.9 Å². The molecule has 0 aromatic heterocycles. The molecule has 0 bridgehead atoms. The van der Waals surface area contributed by atoms with Gasteiger partial charge in [-0.2, -0.15) is 0 Å². The van der Waals surface area contributed by atoms with Gasteiger partial charge in [-0.05, 0) is 36.1 Å². The number of esters is 1. The van der Waals surface area contributed by atoms with Gasteiger partial charge in [0.1, 0.15) is 5.70 Å². The maximum absolute atomic E-state index is 13.0. The zero-order valence-electron chi connectivity index (χ0n) is 18.5. The van der Waals surface area contributed by atoms with Crippen LogP contribution in [0.25, 0.3) is 5.57 Å². The first-order valence-corrected chi connectivity index (χ1v) is 10.6. The number of aliphatic hydroxyl groups is 2. The number of aliphatic hydroxyl groups excluding tert-OH is 2. The Balaban J connectivity index is 1.61. The van der Waals surface area contributed by atoms with Gasteiger partial charge in [0.15, 0.2) is 13.1 Å². The summed E-state index contributed by atoms with van der Waals surface area (Å²) in [5.41, 5.74) is 2.40. The minimum absolute atomic E-state index is 0.0973. The predicted octanol–water partition coefficient (Wildman–Crippen LogP) is 1.39. The van der Waals surface area contributed by atoms with Crippen LogP contribution in [0.4, 0.5) is 5.69 Å². The van der Waals surface area contributed by atoms with Crippen molar-refractivity contribution in [2.75, 3.05) is 12.1 Å².